The van der Waals surface area contributed by atoms with E-state index in [1.54, 1.807) is 4.52 Å². The van der Waals surface area contributed by atoms with Gasteiger partial charge in [0.15, 0.2) is 5.65 Å². The molecule has 0 bridgehead atoms. The molecule has 1 atom stereocenters. The lowest BCUT2D eigenvalue weighted by atomic mass is 10.2. The summed E-state index contributed by atoms with van der Waals surface area (Å²) < 4.78 is 1.80. The zero-order valence-electron chi connectivity index (χ0n) is 8.97. The van der Waals surface area contributed by atoms with Gasteiger partial charge in [-0.15, -0.1) is 5.10 Å². The number of thioether (sulfide) groups is 1. The first-order chi connectivity index (χ1) is 7.92. The Morgan fingerprint density at radius 1 is 1.44 bits per heavy atom. The molecule has 0 saturated carbocycles. The molecule has 1 saturated heterocycles. The van der Waals surface area contributed by atoms with Crippen LogP contribution in [0.1, 0.15) is 12.8 Å². The molecule has 1 unspecified atom stereocenters. The van der Waals surface area contributed by atoms with Crippen molar-refractivity contribution in [3.8, 4) is 0 Å². The Hall–Kier alpha value is -1.23. The minimum absolute atomic E-state index is 0.524. The normalized spacial score (nSPS) is 21.1. The number of fused-ring (bicyclic) bond motifs is 1. The number of aromatic nitrogens is 3. The van der Waals surface area contributed by atoms with Gasteiger partial charge in [-0.3, -0.25) is 0 Å². The number of rotatable bonds is 2. The largest absolute Gasteiger partial charge is 0.349 e. The Labute approximate surface area is 98.4 Å². The summed E-state index contributed by atoms with van der Waals surface area (Å²) >= 11 is 2.00. The Balaban J connectivity index is 1.78. The molecule has 84 valence electrons. The summed E-state index contributed by atoms with van der Waals surface area (Å²) in [6.07, 6.45) is 4.43. The molecule has 0 spiro atoms. The van der Waals surface area contributed by atoms with Gasteiger partial charge >= 0.3 is 0 Å². The van der Waals surface area contributed by atoms with Crippen molar-refractivity contribution in [1.29, 1.82) is 0 Å². The van der Waals surface area contributed by atoms with Crippen LogP contribution in [0.4, 0.5) is 5.95 Å². The molecule has 0 aliphatic carbocycles. The van der Waals surface area contributed by atoms with Gasteiger partial charge in [-0.2, -0.15) is 16.7 Å². The molecule has 2 aromatic rings. The van der Waals surface area contributed by atoms with Crippen molar-refractivity contribution in [2.24, 2.45) is 0 Å². The zero-order valence-corrected chi connectivity index (χ0v) is 9.78. The summed E-state index contributed by atoms with van der Waals surface area (Å²) in [6.45, 7) is 0. The van der Waals surface area contributed by atoms with Crippen molar-refractivity contribution in [1.82, 2.24) is 14.6 Å². The second kappa shape index (κ2) is 4.33. The van der Waals surface area contributed by atoms with Gasteiger partial charge in [-0.25, -0.2) is 4.52 Å². The second-order valence-corrected chi connectivity index (χ2v) is 5.15. The number of hydrogen-bond donors (Lipinski definition) is 1. The summed E-state index contributed by atoms with van der Waals surface area (Å²) in [4.78, 5) is 4.44. The van der Waals surface area contributed by atoms with Gasteiger partial charge < -0.3 is 5.32 Å². The molecular weight excluding hydrogens is 220 g/mol. The van der Waals surface area contributed by atoms with Crippen LogP contribution < -0.4 is 5.32 Å². The van der Waals surface area contributed by atoms with Crippen molar-refractivity contribution in [2.75, 3.05) is 16.8 Å². The van der Waals surface area contributed by atoms with E-state index >= 15 is 0 Å². The van der Waals surface area contributed by atoms with E-state index in [0.717, 1.165) is 17.3 Å². The van der Waals surface area contributed by atoms with Crippen molar-refractivity contribution < 1.29 is 0 Å². The third-order valence-corrected chi connectivity index (χ3v) is 3.95. The molecule has 4 nitrogen and oxygen atoms in total. The van der Waals surface area contributed by atoms with Crippen molar-refractivity contribution >= 4 is 23.4 Å². The Kier molecular flexibility index (Phi) is 2.70. The van der Waals surface area contributed by atoms with Crippen LogP contribution in [0.15, 0.2) is 24.4 Å². The van der Waals surface area contributed by atoms with Crippen LogP contribution in [0.25, 0.3) is 5.65 Å². The maximum Gasteiger partial charge on any atom is 0.243 e. The summed E-state index contributed by atoms with van der Waals surface area (Å²) in [5, 5.41) is 7.80. The van der Waals surface area contributed by atoms with Crippen molar-refractivity contribution in [3.05, 3.63) is 24.4 Å². The first kappa shape index (κ1) is 9.96. The SMILES string of the molecule is c1ccn2nc(NC3CCCSC3)nc2c1. The van der Waals surface area contributed by atoms with Gasteiger partial charge in [0.05, 0.1) is 0 Å². The van der Waals surface area contributed by atoms with Crippen LogP contribution in [0, 0.1) is 0 Å². The van der Waals surface area contributed by atoms with E-state index in [1.165, 1.54) is 18.6 Å². The minimum Gasteiger partial charge on any atom is -0.349 e. The fraction of sp³-hybridized carbons (Fsp3) is 0.455. The molecule has 1 aliphatic heterocycles. The summed E-state index contributed by atoms with van der Waals surface area (Å²) in [5.41, 5.74) is 0.897. The van der Waals surface area contributed by atoms with Gasteiger partial charge in [0, 0.05) is 18.0 Å². The van der Waals surface area contributed by atoms with Crippen LogP contribution >= 0.6 is 11.8 Å². The molecule has 3 heterocycles. The lowest BCUT2D eigenvalue weighted by molar-refractivity contribution is 0.678. The van der Waals surface area contributed by atoms with Crippen LogP contribution in [0.2, 0.25) is 0 Å². The van der Waals surface area contributed by atoms with E-state index in [9.17, 15) is 0 Å². The van der Waals surface area contributed by atoms with E-state index < -0.39 is 0 Å². The maximum absolute atomic E-state index is 4.44. The molecule has 5 heteroatoms. The van der Waals surface area contributed by atoms with E-state index in [0.29, 0.717) is 6.04 Å². The number of pyridine rings is 1. The maximum atomic E-state index is 4.44. The van der Waals surface area contributed by atoms with Gasteiger partial charge in [0.1, 0.15) is 0 Å². The highest BCUT2D eigenvalue weighted by molar-refractivity contribution is 7.99. The first-order valence-corrected chi connectivity index (χ1v) is 6.73. The van der Waals surface area contributed by atoms with E-state index in [2.05, 4.69) is 15.4 Å². The molecule has 0 aromatic carbocycles. The minimum atomic E-state index is 0.524. The molecule has 1 fully saturated rings. The van der Waals surface area contributed by atoms with E-state index in [1.807, 2.05) is 36.2 Å². The van der Waals surface area contributed by atoms with Crippen LogP contribution in [-0.2, 0) is 0 Å². The average molecular weight is 234 g/mol. The monoisotopic (exact) mass is 234 g/mol. The molecule has 0 radical (unpaired) electrons. The Morgan fingerprint density at radius 3 is 3.25 bits per heavy atom. The number of nitrogens with zero attached hydrogens (tertiary/aromatic N) is 3. The predicted octanol–water partition coefficient (Wildman–Crippen LogP) is 2.04. The number of nitrogens with one attached hydrogen (secondary N) is 1. The molecule has 2 aromatic heterocycles. The molecular formula is C11H14N4S. The highest BCUT2D eigenvalue weighted by Gasteiger charge is 2.15. The number of hydrogen-bond acceptors (Lipinski definition) is 4. The van der Waals surface area contributed by atoms with Crippen LogP contribution in [-0.4, -0.2) is 32.1 Å². The van der Waals surface area contributed by atoms with E-state index in [4.69, 9.17) is 0 Å². The third-order valence-electron chi connectivity index (χ3n) is 2.73. The molecule has 16 heavy (non-hydrogen) atoms. The summed E-state index contributed by atoms with van der Waals surface area (Å²) in [6, 6.07) is 6.43. The predicted molar refractivity (Wildman–Crippen MR) is 67.0 cm³/mol. The summed E-state index contributed by atoms with van der Waals surface area (Å²) in [5.74, 6) is 3.20. The average Bonchev–Trinajstić information content (AvgIpc) is 2.72. The zero-order chi connectivity index (χ0) is 10.8. The highest BCUT2D eigenvalue weighted by Crippen LogP contribution is 2.19. The molecule has 3 rings (SSSR count). The fourth-order valence-electron chi connectivity index (χ4n) is 1.93. The first-order valence-electron chi connectivity index (χ1n) is 5.57. The molecule has 1 N–H and O–H groups in total. The van der Waals surface area contributed by atoms with Gasteiger partial charge in [-0.1, -0.05) is 6.07 Å². The van der Waals surface area contributed by atoms with Gasteiger partial charge in [-0.05, 0) is 30.7 Å². The topological polar surface area (TPSA) is 42.2 Å². The lowest BCUT2D eigenvalue weighted by Crippen LogP contribution is -2.26. The van der Waals surface area contributed by atoms with Crippen LogP contribution in [0.5, 0.6) is 0 Å². The summed E-state index contributed by atoms with van der Waals surface area (Å²) in [7, 11) is 0. The van der Waals surface area contributed by atoms with Crippen LogP contribution in [0.3, 0.4) is 0 Å². The van der Waals surface area contributed by atoms with E-state index in [-0.39, 0.29) is 0 Å². The Morgan fingerprint density at radius 2 is 2.44 bits per heavy atom. The fourth-order valence-corrected chi connectivity index (χ4v) is 3.00. The molecule has 0 amide bonds. The van der Waals surface area contributed by atoms with Crippen molar-refractivity contribution in [2.45, 2.75) is 18.9 Å². The Bertz CT molecular complexity index is 443. The van der Waals surface area contributed by atoms with Gasteiger partial charge in [0.25, 0.3) is 0 Å². The lowest BCUT2D eigenvalue weighted by Gasteiger charge is -2.21. The quantitative estimate of drug-likeness (QED) is 0.863. The molecule has 1 aliphatic rings. The highest BCUT2D eigenvalue weighted by atomic mass is 32.2. The second-order valence-electron chi connectivity index (χ2n) is 4.00. The van der Waals surface area contributed by atoms with Crippen molar-refractivity contribution in [3.63, 3.8) is 0 Å². The van der Waals surface area contributed by atoms with Gasteiger partial charge in [0.2, 0.25) is 5.95 Å². The number of anilines is 1. The standard InChI is InChI=1S/C11H14N4S/c1-2-6-15-10(5-1)13-11(14-15)12-9-4-3-7-16-8-9/h1-2,5-6,9H,3-4,7-8H2,(H,12,14). The third kappa shape index (κ3) is 2.00. The smallest absolute Gasteiger partial charge is 0.243 e.